The summed E-state index contributed by atoms with van der Waals surface area (Å²) in [4.78, 5) is 8.61. The van der Waals surface area contributed by atoms with Crippen LogP contribution in [-0.2, 0) is 6.54 Å². The molecule has 1 aromatic carbocycles. The molecule has 1 saturated carbocycles. The fraction of sp³-hybridized carbons (Fsp3) is 0.333. The van der Waals surface area contributed by atoms with Crippen LogP contribution >= 0.6 is 0 Å². The Labute approximate surface area is 122 Å². The summed E-state index contributed by atoms with van der Waals surface area (Å²) in [6.07, 6.45) is 5.89. The summed E-state index contributed by atoms with van der Waals surface area (Å²) in [5.41, 5.74) is 0.917. The Morgan fingerprint density at radius 2 is 2.05 bits per heavy atom. The third kappa shape index (κ3) is 2.90. The molecule has 0 saturated heterocycles. The van der Waals surface area contributed by atoms with Gasteiger partial charge in [-0.25, -0.2) is 4.98 Å². The van der Waals surface area contributed by atoms with Crippen molar-refractivity contribution in [2.75, 3.05) is 6.79 Å². The lowest BCUT2D eigenvalue weighted by Crippen LogP contribution is -2.16. The molecule has 108 valence electrons. The van der Waals surface area contributed by atoms with Crippen LogP contribution in [0.4, 0.5) is 0 Å². The van der Waals surface area contributed by atoms with Gasteiger partial charge in [0.15, 0.2) is 11.5 Å². The topological polar surface area (TPSA) is 65.5 Å². The Bertz CT molecular complexity index is 641. The van der Waals surface area contributed by atoms with E-state index in [4.69, 9.17) is 14.2 Å². The maximum Gasteiger partial charge on any atom is 0.237 e. The monoisotopic (exact) mass is 285 g/mol. The van der Waals surface area contributed by atoms with Crippen molar-refractivity contribution < 1.29 is 14.2 Å². The Morgan fingerprint density at radius 3 is 2.86 bits per heavy atom. The van der Waals surface area contributed by atoms with Gasteiger partial charge in [0.25, 0.3) is 0 Å². The zero-order chi connectivity index (χ0) is 14.1. The highest BCUT2D eigenvalue weighted by Crippen LogP contribution is 2.36. The minimum atomic E-state index is 0.251. The van der Waals surface area contributed by atoms with E-state index in [9.17, 15) is 0 Å². The van der Waals surface area contributed by atoms with Gasteiger partial charge in [0, 0.05) is 18.7 Å². The maximum atomic E-state index is 5.67. The van der Waals surface area contributed by atoms with Gasteiger partial charge >= 0.3 is 0 Å². The van der Waals surface area contributed by atoms with Crippen LogP contribution < -0.4 is 19.5 Å². The molecule has 1 aromatic heterocycles. The first kappa shape index (κ1) is 12.4. The van der Waals surface area contributed by atoms with Crippen LogP contribution in [0.1, 0.15) is 18.5 Å². The average molecular weight is 285 g/mol. The number of ether oxygens (including phenoxy) is 3. The molecule has 0 amide bonds. The van der Waals surface area contributed by atoms with Gasteiger partial charge in [-0.3, -0.25) is 4.98 Å². The van der Waals surface area contributed by atoms with E-state index in [1.165, 1.54) is 12.8 Å². The van der Waals surface area contributed by atoms with Crippen LogP contribution in [0, 0.1) is 0 Å². The van der Waals surface area contributed by atoms with E-state index in [1.807, 2.05) is 12.1 Å². The SMILES string of the molecule is c1cc2c(cc1Oc1cnc(CNC3CC3)cn1)OCO2. The van der Waals surface area contributed by atoms with E-state index >= 15 is 0 Å². The normalized spacial score (nSPS) is 16.0. The summed E-state index contributed by atoms with van der Waals surface area (Å²) in [6.45, 7) is 1.00. The number of rotatable bonds is 5. The van der Waals surface area contributed by atoms with Gasteiger partial charge in [0.2, 0.25) is 12.7 Å². The zero-order valence-electron chi connectivity index (χ0n) is 11.4. The number of nitrogens with one attached hydrogen (secondary N) is 1. The Balaban J connectivity index is 1.41. The maximum absolute atomic E-state index is 5.67. The van der Waals surface area contributed by atoms with Crippen LogP contribution in [0.2, 0.25) is 0 Å². The van der Waals surface area contributed by atoms with Gasteiger partial charge in [-0.2, -0.15) is 0 Å². The van der Waals surface area contributed by atoms with E-state index in [2.05, 4.69) is 15.3 Å². The number of hydrogen-bond acceptors (Lipinski definition) is 6. The molecule has 0 bridgehead atoms. The predicted octanol–water partition coefficient (Wildman–Crippen LogP) is 2.25. The van der Waals surface area contributed by atoms with Crippen molar-refractivity contribution in [1.82, 2.24) is 15.3 Å². The molecule has 0 radical (unpaired) electrons. The van der Waals surface area contributed by atoms with E-state index in [0.717, 1.165) is 18.0 Å². The van der Waals surface area contributed by atoms with Crippen LogP contribution in [0.25, 0.3) is 0 Å². The smallest absolute Gasteiger partial charge is 0.237 e. The van der Waals surface area contributed by atoms with Crippen molar-refractivity contribution in [3.8, 4) is 23.1 Å². The molecule has 4 rings (SSSR count). The Kier molecular flexibility index (Phi) is 3.08. The summed E-state index contributed by atoms with van der Waals surface area (Å²) in [5, 5.41) is 3.40. The van der Waals surface area contributed by atoms with Crippen LogP contribution in [-0.4, -0.2) is 22.8 Å². The highest BCUT2D eigenvalue weighted by molar-refractivity contribution is 5.47. The van der Waals surface area contributed by atoms with E-state index in [1.54, 1.807) is 18.5 Å². The summed E-state index contributed by atoms with van der Waals surface area (Å²) in [7, 11) is 0. The van der Waals surface area contributed by atoms with E-state index < -0.39 is 0 Å². The summed E-state index contributed by atoms with van der Waals surface area (Å²) in [6, 6.07) is 6.08. The van der Waals surface area contributed by atoms with Crippen LogP contribution in [0.3, 0.4) is 0 Å². The lowest BCUT2D eigenvalue weighted by atomic mass is 10.3. The van der Waals surface area contributed by atoms with Gasteiger partial charge in [-0.05, 0) is 25.0 Å². The van der Waals surface area contributed by atoms with Crippen molar-refractivity contribution in [3.05, 3.63) is 36.3 Å². The number of aromatic nitrogens is 2. The largest absolute Gasteiger partial charge is 0.454 e. The van der Waals surface area contributed by atoms with E-state index in [-0.39, 0.29) is 6.79 Å². The molecule has 1 N–H and O–H groups in total. The van der Waals surface area contributed by atoms with Crippen molar-refractivity contribution in [2.24, 2.45) is 0 Å². The lowest BCUT2D eigenvalue weighted by molar-refractivity contribution is 0.174. The number of hydrogen-bond donors (Lipinski definition) is 1. The standard InChI is InChI=1S/C15H15N3O3/c1-2-10(1)16-6-11-7-18-15(8-17-11)21-12-3-4-13-14(5-12)20-9-19-13/h3-5,7-8,10,16H,1-2,6,9H2. The molecule has 2 aliphatic rings. The molecular weight excluding hydrogens is 270 g/mol. The second-order valence-corrected chi connectivity index (χ2v) is 5.12. The summed E-state index contributed by atoms with van der Waals surface area (Å²) in [5.74, 6) is 2.53. The molecule has 2 heterocycles. The molecule has 0 atom stereocenters. The first-order valence-electron chi connectivity index (χ1n) is 6.99. The molecule has 1 aliphatic carbocycles. The minimum Gasteiger partial charge on any atom is -0.454 e. The van der Waals surface area contributed by atoms with Gasteiger partial charge in [0.1, 0.15) is 5.75 Å². The quantitative estimate of drug-likeness (QED) is 0.909. The third-order valence-electron chi connectivity index (χ3n) is 3.40. The fourth-order valence-electron chi connectivity index (χ4n) is 2.08. The van der Waals surface area contributed by atoms with Crippen molar-refractivity contribution in [2.45, 2.75) is 25.4 Å². The molecule has 21 heavy (non-hydrogen) atoms. The van der Waals surface area contributed by atoms with Crippen LogP contribution in [0.15, 0.2) is 30.6 Å². The van der Waals surface area contributed by atoms with Crippen molar-refractivity contribution in [1.29, 1.82) is 0 Å². The molecule has 2 aromatic rings. The Hall–Kier alpha value is -2.34. The number of benzene rings is 1. The summed E-state index contributed by atoms with van der Waals surface area (Å²) < 4.78 is 16.2. The first-order valence-corrected chi connectivity index (χ1v) is 6.99. The van der Waals surface area contributed by atoms with Gasteiger partial charge in [0.05, 0.1) is 18.1 Å². The predicted molar refractivity (Wildman–Crippen MR) is 74.5 cm³/mol. The molecule has 6 nitrogen and oxygen atoms in total. The van der Waals surface area contributed by atoms with Crippen molar-refractivity contribution >= 4 is 0 Å². The molecule has 1 aliphatic heterocycles. The van der Waals surface area contributed by atoms with Crippen molar-refractivity contribution in [3.63, 3.8) is 0 Å². The molecule has 0 spiro atoms. The number of nitrogens with zero attached hydrogens (tertiary/aromatic N) is 2. The molecule has 1 fully saturated rings. The molecule has 0 unspecified atom stereocenters. The van der Waals surface area contributed by atoms with E-state index in [0.29, 0.717) is 23.4 Å². The first-order chi connectivity index (χ1) is 10.4. The molecule has 6 heteroatoms. The number of fused-ring (bicyclic) bond motifs is 1. The van der Waals surface area contributed by atoms with Gasteiger partial charge in [-0.15, -0.1) is 0 Å². The minimum absolute atomic E-state index is 0.251. The Morgan fingerprint density at radius 1 is 1.14 bits per heavy atom. The second kappa shape index (κ2) is 5.21. The van der Waals surface area contributed by atoms with Crippen LogP contribution in [0.5, 0.6) is 23.1 Å². The molecular formula is C15H15N3O3. The lowest BCUT2D eigenvalue weighted by Gasteiger charge is -2.06. The van der Waals surface area contributed by atoms with Gasteiger partial charge in [-0.1, -0.05) is 0 Å². The average Bonchev–Trinajstić information content (AvgIpc) is 3.23. The highest BCUT2D eigenvalue weighted by atomic mass is 16.7. The van der Waals surface area contributed by atoms with Gasteiger partial charge < -0.3 is 19.5 Å². The summed E-state index contributed by atoms with van der Waals surface area (Å²) >= 11 is 0. The zero-order valence-corrected chi connectivity index (χ0v) is 11.4. The highest BCUT2D eigenvalue weighted by Gasteiger charge is 2.20. The fourth-order valence-corrected chi connectivity index (χ4v) is 2.08. The second-order valence-electron chi connectivity index (χ2n) is 5.12. The third-order valence-corrected chi connectivity index (χ3v) is 3.40.